The first kappa shape index (κ1) is 30.8. The minimum atomic E-state index is -4.42. The molecule has 0 saturated carbocycles. The van der Waals surface area contributed by atoms with Crippen molar-refractivity contribution in [3.05, 3.63) is 54.5 Å². The summed E-state index contributed by atoms with van der Waals surface area (Å²) in [5.74, 6) is -0.320. The second-order valence-electron chi connectivity index (χ2n) is 10.6. The van der Waals surface area contributed by atoms with Crippen molar-refractivity contribution in [2.24, 2.45) is 0 Å². The average Bonchev–Trinajstić information content (AvgIpc) is 3.53. The Morgan fingerprint density at radius 1 is 1.28 bits per heavy atom. The monoisotopic (exact) mass is 615 g/mol. The molecular formula is C27H34N7O8P. The molecule has 2 aliphatic rings. The number of para-hydroxylation sites is 1. The van der Waals surface area contributed by atoms with Crippen LogP contribution in [0.1, 0.15) is 31.6 Å². The molecule has 4 heterocycles. The Labute approximate surface area is 247 Å². The summed E-state index contributed by atoms with van der Waals surface area (Å²) in [7, 11) is -2.43. The molecule has 2 saturated heterocycles. The molecule has 0 radical (unpaired) electrons. The third-order valence-electron chi connectivity index (χ3n) is 7.51. The fourth-order valence-corrected chi connectivity index (χ4v) is 6.55. The van der Waals surface area contributed by atoms with Gasteiger partial charge >= 0.3 is 13.7 Å². The number of benzene rings is 1. The van der Waals surface area contributed by atoms with Gasteiger partial charge in [0, 0.05) is 13.1 Å². The molecule has 3 aromatic rings. The lowest BCUT2D eigenvalue weighted by atomic mass is 9.96. The normalized spacial score (nSPS) is 26.9. The molecule has 230 valence electrons. The fourth-order valence-electron chi connectivity index (χ4n) is 5.03. The molecule has 2 aromatic heterocycles. The summed E-state index contributed by atoms with van der Waals surface area (Å²) >= 11 is 0. The summed E-state index contributed by atoms with van der Waals surface area (Å²) in [6.45, 7) is 2.21. The quantitative estimate of drug-likeness (QED) is 0.187. The lowest BCUT2D eigenvalue weighted by Gasteiger charge is -2.30. The number of nitrogens with one attached hydrogen (secondary N) is 1. The topological polar surface area (TPSA) is 207 Å². The number of esters is 1. The number of aliphatic hydroxyl groups excluding tert-OH is 2. The Balaban J connectivity index is 1.34. The van der Waals surface area contributed by atoms with Crippen LogP contribution in [0, 0.1) is 11.3 Å². The van der Waals surface area contributed by atoms with Crippen molar-refractivity contribution in [3.63, 3.8) is 0 Å². The average molecular weight is 616 g/mol. The maximum Gasteiger partial charge on any atom is 0.459 e. The Bertz CT molecular complexity index is 1530. The number of nitrogens with zero attached hydrogens (tertiary/aromatic N) is 5. The van der Waals surface area contributed by atoms with E-state index in [0.29, 0.717) is 24.1 Å². The van der Waals surface area contributed by atoms with E-state index >= 15 is 0 Å². The number of aliphatic hydroxyl groups is 2. The first-order chi connectivity index (χ1) is 20.5. The van der Waals surface area contributed by atoms with Gasteiger partial charge in [0.15, 0.2) is 5.82 Å². The standard InChI is InChI=1S/C27H34N7O8P/c1-17(26(37)40-18-10-12-33(2)13-11-18)32-43(38,42-19-6-4-3-5-7-19)39-15-27(14-28)24(36)22(35)23(41-27)20-8-9-21-25(29)30-16-31-34(20)21/h3-9,16-18,22-24,35-36H,10-13,15H2,1-2H3,(H,32,38)(H2,29,30,31)/t17-,22-,23-,24-,27+,43?/m0/s1. The van der Waals surface area contributed by atoms with Gasteiger partial charge in [-0.05, 0) is 51.1 Å². The molecule has 0 spiro atoms. The predicted molar refractivity (Wildman–Crippen MR) is 151 cm³/mol. The molecule has 15 nitrogen and oxygen atoms in total. The molecule has 16 heteroatoms. The van der Waals surface area contributed by atoms with Crippen molar-refractivity contribution in [3.8, 4) is 11.8 Å². The number of nitrogen functional groups attached to an aromatic ring is 1. The molecular weight excluding hydrogens is 581 g/mol. The maximum atomic E-state index is 14.0. The molecule has 5 rings (SSSR count). The molecule has 0 amide bonds. The van der Waals surface area contributed by atoms with Crippen LogP contribution in [0.25, 0.3) is 5.52 Å². The number of hydrogen-bond acceptors (Lipinski definition) is 13. The number of hydrogen-bond donors (Lipinski definition) is 4. The zero-order chi connectivity index (χ0) is 30.8. The van der Waals surface area contributed by atoms with Crippen LogP contribution in [-0.4, -0.2) is 92.4 Å². The zero-order valence-corrected chi connectivity index (χ0v) is 24.5. The lowest BCUT2D eigenvalue weighted by Crippen LogP contribution is -2.46. The van der Waals surface area contributed by atoms with E-state index in [1.54, 1.807) is 30.3 Å². The minimum Gasteiger partial charge on any atom is -0.461 e. The number of aromatic nitrogens is 3. The summed E-state index contributed by atoms with van der Waals surface area (Å²) in [6, 6.07) is 12.0. The van der Waals surface area contributed by atoms with Crippen molar-refractivity contribution in [1.82, 2.24) is 24.6 Å². The Hall–Kier alpha value is -3.61. The smallest absolute Gasteiger partial charge is 0.459 e. The molecule has 1 unspecified atom stereocenters. The Morgan fingerprint density at radius 3 is 2.70 bits per heavy atom. The zero-order valence-electron chi connectivity index (χ0n) is 23.6. The number of nitriles is 1. The lowest BCUT2D eigenvalue weighted by molar-refractivity contribution is -0.152. The van der Waals surface area contributed by atoms with Crippen molar-refractivity contribution in [2.45, 2.75) is 55.8 Å². The van der Waals surface area contributed by atoms with Gasteiger partial charge in [-0.3, -0.25) is 9.32 Å². The van der Waals surface area contributed by atoms with E-state index in [1.165, 1.54) is 29.9 Å². The summed E-state index contributed by atoms with van der Waals surface area (Å²) in [5, 5.41) is 38.8. The number of ether oxygens (including phenoxy) is 2. The van der Waals surface area contributed by atoms with Crippen LogP contribution in [-0.2, 0) is 23.4 Å². The molecule has 2 aliphatic heterocycles. The van der Waals surface area contributed by atoms with Gasteiger partial charge in [-0.15, -0.1) is 0 Å². The SMILES string of the molecule is C[C@H](NP(=O)(OC[C@@]1(C#N)O[C@@H](c2ccc3c(N)ncnn23)[C@H](O)[C@@H]1O)Oc1ccccc1)C(=O)OC1CCN(C)CC1. The van der Waals surface area contributed by atoms with E-state index in [4.69, 9.17) is 24.3 Å². The predicted octanol–water partition coefficient (Wildman–Crippen LogP) is 1.19. The van der Waals surface area contributed by atoms with Crippen molar-refractivity contribution < 1.29 is 38.1 Å². The molecule has 2 fully saturated rings. The van der Waals surface area contributed by atoms with Crippen molar-refractivity contribution in [1.29, 1.82) is 5.26 Å². The molecule has 43 heavy (non-hydrogen) atoms. The highest BCUT2D eigenvalue weighted by atomic mass is 31.2. The number of fused-ring (bicyclic) bond motifs is 1. The van der Waals surface area contributed by atoms with Crippen molar-refractivity contribution >= 4 is 25.1 Å². The third-order valence-corrected chi connectivity index (χ3v) is 9.14. The van der Waals surface area contributed by atoms with Gasteiger partial charge in [-0.1, -0.05) is 18.2 Å². The van der Waals surface area contributed by atoms with Gasteiger partial charge in [0.05, 0.1) is 5.69 Å². The van der Waals surface area contributed by atoms with Gasteiger partial charge in [0.2, 0.25) is 5.60 Å². The number of carbonyl (C=O) groups excluding carboxylic acids is 1. The summed E-state index contributed by atoms with van der Waals surface area (Å²) in [5.41, 5.74) is 4.45. The highest BCUT2D eigenvalue weighted by Crippen LogP contribution is 2.48. The first-order valence-corrected chi connectivity index (χ1v) is 15.3. The van der Waals surface area contributed by atoms with Crippen LogP contribution in [0.15, 0.2) is 48.8 Å². The van der Waals surface area contributed by atoms with E-state index < -0.39 is 50.3 Å². The van der Waals surface area contributed by atoms with E-state index in [-0.39, 0.29) is 17.7 Å². The molecule has 1 aromatic carbocycles. The van der Waals surface area contributed by atoms with Gasteiger partial charge in [-0.2, -0.15) is 15.4 Å². The van der Waals surface area contributed by atoms with Crippen LogP contribution in [0.2, 0.25) is 0 Å². The number of rotatable bonds is 10. The fraction of sp³-hybridized carbons (Fsp3) is 0.481. The number of likely N-dealkylation sites (tertiary alicyclic amines) is 1. The third kappa shape index (κ3) is 6.51. The highest BCUT2D eigenvalue weighted by molar-refractivity contribution is 7.52. The summed E-state index contributed by atoms with van der Waals surface area (Å²) in [6.07, 6.45) is -2.35. The largest absolute Gasteiger partial charge is 0.461 e. The second-order valence-corrected chi connectivity index (χ2v) is 12.3. The molecule has 5 N–H and O–H groups in total. The molecule has 0 aliphatic carbocycles. The van der Waals surface area contributed by atoms with Crippen molar-refractivity contribution in [2.75, 3.05) is 32.5 Å². The number of carbonyl (C=O) groups is 1. The number of anilines is 1. The van der Waals surface area contributed by atoms with Gasteiger partial charge in [-0.25, -0.2) is 14.1 Å². The van der Waals surface area contributed by atoms with E-state index in [0.717, 1.165) is 13.1 Å². The molecule has 6 atom stereocenters. The van der Waals surface area contributed by atoms with Gasteiger partial charge in [0.25, 0.3) is 0 Å². The van der Waals surface area contributed by atoms with Gasteiger partial charge < -0.3 is 34.8 Å². The van der Waals surface area contributed by atoms with Crippen LogP contribution in [0.4, 0.5) is 5.82 Å². The number of nitrogens with two attached hydrogens (primary N) is 1. The van der Waals surface area contributed by atoms with E-state index in [1.807, 2.05) is 13.1 Å². The summed E-state index contributed by atoms with van der Waals surface area (Å²) in [4.78, 5) is 19.0. The van der Waals surface area contributed by atoms with Crippen LogP contribution in [0.3, 0.4) is 0 Å². The maximum absolute atomic E-state index is 14.0. The van der Waals surface area contributed by atoms with E-state index in [2.05, 4.69) is 20.1 Å². The number of piperidine rings is 1. The van der Waals surface area contributed by atoms with Crippen LogP contribution >= 0.6 is 7.75 Å². The van der Waals surface area contributed by atoms with Crippen LogP contribution < -0.4 is 15.3 Å². The second kappa shape index (κ2) is 12.6. The highest BCUT2D eigenvalue weighted by Gasteiger charge is 2.57. The minimum absolute atomic E-state index is 0.156. The first-order valence-electron chi connectivity index (χ1n) is 13.7. The van der Waals surface area contributed by atoms with E-state index in [9.17, 15) is 24.8 Å². The summed E-state index contributed by atoms with van der Waals surface area (Å²) < 4.78 is 38.3. The van der Waals surface area contributed by atoms with Gasteiger partial charge in [0.1, 0.15) is 60.7 Å². The molecule has 0 bridgehead atoms. The Kier molecular flexibility index (Phi) is 9.00. The van der Waals surface area contributed by atoms with Crippen LogP contribution in [0.5, 0.6) is 5.75 Å². The Morgan fingerprint density at radius 2 is 2.00 bits per heavy atom.